The lowest BCUT2D eigenvalue weighted by Crippen LogP contribution is -2.10. The lowest BCUT2D eigenvalue weighted by Gasteiger charge is -2.17. The fraction of sp³-hybridized carbons (Fsp3) is 0.333. The summed E-state index contributed by atoms with van der Waals surface area (Å²) < 4.78 is 11.4. The number of nitrogens with two attached hydrogens (primary N) is 1. The first-order valence-electron chi connectivity index (χ1n) is 7.54. The Morgan fingerprint density at radius 1 is 0.762 bits per heavy atom. The molecule has 0 bridgehead atoms. The van der Waals surface area contributed by atoms with E-state index in [4.69, 9.17) is 15.2 Å². The molecule has 1 aliphatic rings. The van der Waals surface area contributed by atoms with Crippen molar-refractivity contribution in [3.8, 4) is 11.5 Å². The Hall–Kier alpha value is -2.16. The molecule has 3 heteroatoms. The van der Waals surface area contributed by atoms with Crippen LogP contribution in [0.5, 0.6) is 11.5 Å². The lowest BCUT2D eigenvalue weighted by atomic mass is 9.92. The number of fused-ring (bicyclic) bond motifs is 1. The van der Waals surface area contributed by atoms with Crippen molar-refractivity contribution in [1.29, 1.82) is 0 Å². The Morgan fingerprint density at radius 3 is 2.14 bits per heavy atom. The molecule has 0 atom stereocenters. The second kappa shape index (κ2) is 6.53. The summed E-state index contributed by atoms with van der Waals surface area (Å²) in [6, 6.07) is 13.8. The van der Waals surface area contributed by atoms with Gasteiger partial charge in [0.1, 0.15) is 24.7 Å². The van der Waals surface area contributed by atoms with E-state index < -0.39 is 0 Å². The van der Waals surface area contributed by atoms with Crippen molar-refractivity contribution in [2.45, 2.75) is 25.7 Å². The Balaban J connectivity index is 1.48. The highest BCUT2D eigenvalue weighted by atomic mass is 16.5. The van der Waals surface area contributed by atoms with Gasteiger partial charge in [0, 0.05) is 5.69 Å². The summed E-state index contributed by atoms with van der Waals surface area (Å²) in [5, 5.41) is 0. The topological polar surface area (TPSA) is 44.5 Å². The van der Waals surface area contributed by atoms with Crippen molar-refractivity contribution in [1.82, 2.24) is 0 Å². The van der Waals surface area contributed by atoms with Gasteiger partial charge < -0.3 is 15.2 Å². The predicted octanol–water partition coefficient (Wildman–Crippen LogP) is 3.61. The van der Waals surface area contributed by atoms with Crippen LogP contribution in [0.1, 0.15) is 24.0 Å². The van der Waals surface area contributed by atoms with Crippen LogP contribution >= 0.6 is 0 Å². The Kier molecular flexibility index (Phi) is 4.29. The molecule has 0 unspecified atom stereocenters. The number of nitrogen functional groups attached to an aromatic ring is 1. The number of hydrogen-bond acceptors (Lipinski definition) is 3. The highest BCUT2D eigenvalue weighted by Crippen LogP contribution is 2.25. The van der Waals surface area contributed by atoms with Gasteiger partial charge in [-0.15, -0.1) is 0 Å². The molecule has 2 aromatic rings. The minimum atomic E-state index is 0.529. The van der Waals surface area contributed by atoms with Crippen molar-refractivity contribution >= 4 is 5.69 Å². The molecule has 3 nitrogen and oxygen atoms in total. The summed E-state index contributed by atoms with van der Waals surface area (Å²) in [6.07, 6.45) is 4.98. The number of aryl methyl sites for hydroxylation is 2. The number of rotatable bonds is 5. The molecule has 0 amide bonds. The fourth-order valence-electron chi connectivity index (χ4n) is 2.68. The second-order valence-corrected chi connectivity index (χ2v) is 5.40. The third kappa shape index (κ3) is 3.69. The maximum atomic E-state index is 5.77. The largest absolute Gasteiger partial charge is 0.490 e. The van der Waals surface area contributed by atoms with E-state index in [1.54, 1.807) is 0 Å². The molecule has 0 heterocycles. The zero-order valence-corrected chi connectivity index (χ0v) is 12.2. The summed E-state index contributed by atoms with van der Waals surface area (Å²) in [6.45, 7) is 1.07. The van der Waals surface area contributed by atoms with Crippen LogP contribution in [0, 0.1) is 0 Å². The van der Waals surface area contributed by atoms with Gasteiger partial charge in [0.2, 0.25) is 0 Å². The van der Waals surface area contributed by atoms with E-state index in [2.05, 4.69) is 18.2 Å². The van der Waals surface area contributed by atoms with Crippen molar-refractivity contribution in [3.63, 3.8) is 0 Å². The lowest BCUT2D eigenvalue weighted by molar-refractivity contribution is 0.217. The van der Waals surface area contributed by atoms with Gasteiger partial charge in [-0.25, -0.2) is 0 Å². The molecule has 110 valence electrons. The van der Waals surface area contributed by atoms with Gasteiger partial charge in [-0.2, -0.15) is 0 Å². The first kappa shape index (κ1) is 13.8. The quantitative estimate of drug-likeness (QED) is 0.673. The average molecular weight is 283 g/mol. The molecule has 0 fully saturated rings. The zero-order valence-electron chi connectivity index (χ0n) is 12.2. The highest BCUT2D eigenvalue weighted by molar-refractivity contribution is 5.41. The molecular weight excluding hydrogens is 262 g/mol. The molecular formula is C18H21NO2. The van der Waals surface area contributed by atoms with Gasteiger partial charge >= 0.3 is 0 Å². The summed E-state index contributed by atoms with van der Waals surface area (Å²) in [7, 11) is 0. The first-order chi connectivity index (χ1) is 10.3. The Bertz CT molecular complexity index is 593. The van der Waals surface area contributed by atoms with Crippen LogP contribution in [-0.2, 0) is 12.8 Å². The van der Waals surface area contributed by atoms with Crippen LogP contribution in [0.25, 0.3) is 0 Å². The third-order valence-corrected chi connectivity index (χ3v) is 3.82. The molecule has 0 aromatic heterocycles. The number of benzene rings is 2. The smallest absolute Gasteiger partial charge is 0.122 e. The Morgan fingerprint density at radius 2 is 1.38 bits per heavy atom. The summed E-state index contributed by atoms with van der Waals surface area (Å²) in [5.74, 6) is 1.76. The van der Waals surface area contributed by atoms with E-state index in [1.807, 2.05) is 24.3 Å². The Labute approximate surface area is 125 Å². The summed E-state index contributed by atoms with van der Waals surface area (Å²) in [5.41, 5.74) is 9.30. The molecule has 21 heavy (non-hydrogen) atoms. The van der Waals surface area contributed by atoms with Crippen LogP contribution in [0.4, 0.5) is 5.69 Å². The molecule has 2 N–H and O–H groups in total. The van der Waals surface area contributed by atoms with Gasteiger partial charge in [0.15, 0.2) is 0 Å². The molecule has 1 aliphatic carbocycles. The van der Waals surface area contributed by atoms with E-state index in [1.165, 1.54) is 36.8 Å². The van der Waals surface area contributed by atoms with Crippen LogP contribution in [0.15, 0.2) is 42.5 Å². The van der Waals surface area contributed by atoms with Crippen molar-refractivity contribution in [2.75, 3.05) is 18.9 Å². The SMILES string of the molecule is Nc1ccc(OCCOc2ccc3c(c2)CCCC3)cc1. The van der Waals surface area contributed by atoms with E-state index in [0.717, 1.165) is 17.2 Å². The fourth-order valence-corrected chi connectivity index (χ4v) is 2.68. The van der Waals surface area contributed by atoms with Crippen LogP contribution in [-0.4, -0.2) is 13.2 Å². The van der Waals surface area contributed by atoms with Gasteiger partial charge in [-0.1, -0.05) is 6.07 Å². The molecule has 0 spiro atoms. The molecule has 0 aliphatic heterocycles. The number of anilines is 1. The van der Waals surface area contributed by atoms with Crippen molar-refractivity contribution in [3.05, 3.63) is 53.6 Å². The minimum absolute atomic E-state index is 0.529. The van der Waals surface area contributed by atoms with Gasteiger partial charge in [-0.3, -0.25) is 0 Å². The normalized spacial score (nSPS) is 13.5. The number of hydrogen-bond donors (Lipinski definition) is 1. The maximum absolute atomic E-state index is 5.77. The van der Waals surface area contributed by atoms with Crippen molar-refractivity contribution < 1.29 is 9.47 Å². The zero-order chi connectivity index (χ0) is 14.5. The van der Waals surface area contributed by atoms with Gasteiger partial charge in [0.25, 0.3) is 0 Å². The van der Waals surface area contributed by atoms with Gasteiger partial charge in [-0.05, 0) is 73.2 Å². The summed E-state index contributed by atoms with van der Waals surface area (Å²) in [4.78, 5) is 0. The van der Waals surface area contributed by atoms with E-state index in [-0.39, 0.29) is 0 Å². The van der Waals surface area contributed by atoms with Crippen molar-refractivity contribution in [2.24, 2.45) is 0 Å². The van der Waals surface area contributed by atoms with Crippen LogP contribution in [0.2, 0.25) is 0 Å². The van der Waals surface area contributed by atoms with Crippen LogP contribution < -0.4 is 15.2 Å². The molecule has 3 rings (SSSR count). The predicted molar refractivity (Wildman–Crippen MR) is 84.9 cm³/mol. The van der Waals surface area contributed by atoms with E-state index in [9.17, 15) is 0 Å². The minimum Gasteiger partial charge on any atom is -0.490 e. The average Bonchev–Trinajstić information content (AvgIpc) is 2.53. The number of ether oxygens (including phenoxy) is 2. The maximum Gasteiger partial charge on any atom is 0.122 e. The highest BCUT2D eigenvalue weighted by Gasteiger charge is 2.09. The standard InChI is InChI=1S/C18H21NO2/c19-16-6-9-17(10-7-16)20-11-12-21-18-8-5-14-3-1-2-4-15(14)13-18/h5-10,13H,1-4,11-12,19H2. The molecule has 0 saturated heterocycles. The second-order valence-electron chi connectivity index (χ2n) is 5.40. The summed E-state index contributed by atoms with van der Waals surface area (Å²) >= 11 is 0. The van der Waals surface area contributed by atoms with Gasteiger partial charge in [0.05, 0.1) is 0 Å². The molecule has 2 aromatic carbocycles. The van der Waals surface area contributed by atoms with E-state index >= 15 is 0 Å². The van der Waals surface area contributed by atoms with E-state index in [0.29, 0.717) is 13.2 Å². The molecule has 0 saturated carbocycles. The van der Waals surface area contributed by atoms with Crippen LogP contribution in [0.3, 0.4) is 0 Å². The first-order valence-corrected chi connectivity index (χ1v) is 7.54. The monoisotopic (exact) mass is 283 g/mol. The third-order valence-electron chi connectivity index (χ3n) is 3.82. The molecule has 0 radical (unpaired) electrons.